The molecule has 0 unspecified atom stereocenters. The van der Waals surface area contributed by atoms with E-state index in [0.717, 1.165) is 28.7 Å². The van der Waals surface area contributed by atoms with E-state index in [2.05, 4.69) is 0 Å². The van der Waals surface area contributed by atoms with Crippen LogP contribution >= 0.6 is 0 Å². The van der Waals surface area contributed by atoms with Crippen molar-refractivity contribution in [2.45, 2.75) is 26.3 Å². The van der Waals surface area contributed by atoms with Gasteiger partial charge < -0.3 is 23.8 Å². The van der Waals surface area contributed by atoms with Crippen molar-refractivity contribution in [3.8, 4) is 23.0 Å². The molecule has 1 aliphatic heterocycles. The number of rotatable bonds is 7. The number of fused-ring (bicyclic) bond motifs is 1. The van der Waals surface area contributed by atoms with Gasteiger partial charge in [-0.15, -0.1) is 0 Å². The molecule has 1 aliphatic rings. The van der Waals surface area contributed by atoms with E-state index >= 15 is 0 Å². The molecule has 0 saturated carbocycles. The molecule has 4 rings (SSSR count). The highest BCUT2D eigenvalue weighted by molar-refractivity contribution is 5.95. The Morgan fingerprint density at radius 2 is 1.53 bits per heavy atom. The fraction of sp³-hybridized carbons (Fsp3) is 0.321. The summed E-state index contributed by atoms with van der Waals surface area (Å²) in [6.45, 7) is 4.93. The number of benzene rings is 3. The highest BCUT2D eigenvalue weighted by atomic mass is 16.5. The van der Waals surface area contributed by atoms with Crippen LogP contribution in [0.25, 0.3) is 0 Å². The predicted octanol–water partition coefficient (Wildman–Crippen LogP) is 5.15. The fourth-order valence-corrected chi connectivity index (χ4v) is 4.40. The second-order valence-corrected chi connectivity index (χ2v) is 8.43. The molecule has 0 bridgehead atoms. The summed E-state index contributed by atoms with van der Waals surface area (Å²) in [5, 5.41) is 0. The number of hydrogen-bond acceptors (Lipinski definition) is 5. The van der Waals surface area contributed by atoms with E-state index in [-0.39, 0.29) is 18.6 Å². The molecule has 0 N–H and O–H groups in total. The van der Waals surface area contributed by atoms with Gasteiger partial charge in [0.1, 0.15) is 6.61 Å². The second-order valence-electron chi connectivity index (χ2n) is 8.43. The zero-order valence-electron chi connectivity index (χ0n) is 20.4. The van der Waals surface area contributed by atoms with Gasteiger partial charge >= 0.3 is 0 Å². The van der Waals surface area contributed by atoms with E-state index in [1.54, 1.807) is 21.3 Å². The van der Waals surface area contributed by atoms with E-state index in [0.29, 0.717) is 35.1 Å². The zero-order valence-corrected chi connectivity index (χ0v) is 20.4. The average Bonchev–Trinajstić information content (AvgIpc) is 2.87. The molecule has 178 valence electrons. The van der Waals surface area contributed by atoms with E-state index in [1.807, 2.05) is 73.3 Å². The van der Waals surface area contributed by atoms with Gasteiger partial charge in [0.15, 0.2) is 23.0 Å². The lowest BCUT2D eigenvalue weighted by Crippen LogP contribution is -2.42. The maximum absolute atomic E-state index is 13.7. The quantitative estimate of drug-likeness (QED) is 0.487. The molecule has 1 heterocycles. The van der Waals surface area contributed by atoms with Crippen molar-refractivity contribution in [3.05, 3.63) is 82.4 Å². The molecule has 0 aromatic heterocycles. The number of ether oxygens (including phenoxy) is 4. The Morgan fingerprint density at radius 3 is 2.21 bits per heavy atom. The topological polar surface area (TPSA) is 57.2 Å². The Hall–Kier alpha value is -3.67. The third-order valence-corrected chi connectivity index (χ3v) is 6.48. The minimum absolute atomic E-state index is 0.0165. The summed E-state index contributed by atoms with van der Waals surface area (Å²) in [5.41, 5.74) is 5.05. The SMILES string of the molecule is COc1cc2c(cc1OC)[C@H](COc1ccccc1OC)N(C(=O)c1ccc(C)c(C)c1)CC2. The second kappa shape index (κ2) is 10.1. The third kappa shape index (κ3) is 4.53. The highest BCUT2D eigenvalue weighted by Crippen LogP contribution is 2.39. The molecule has 0 radical (unpaired) electrons. The number of hydrogen-bond donors (Lipinski definition) is 0. The summed E-state index contributed by atoms with van der Waals surface area (Å²) in [7, 11) is 4.86. The Kier molecular flexibility index (Phi) is 6.96. The van der Waals surface area contributed by atoms with Gasteiger partial charge in [-0.25, -0.2) is 0 Å². The van der Waals surface area contributed by atoms with Crippen LogP contribution in [0.3, 0.4) is 0 Å². The standard InChI is InChI=1S/C28H31NO5/c1-18-10-11-21(14-19(18)2)28(30)29-13-12-20-15-26(32-4)27(33-5)16-22(20)23(29)17-34-25-9-7-6-8-24(25)31-3/h6-11,14-16,23H,12-13,17H2,1-5H3/t23-/m0/s1. The largest absolute Gasteiger partial charge is 0.493 e. The van der Waals surface area contributed by atoms with Crippen molar-refractivity contribution in [1.82, 2.24) is 4.90 Å². The third-order valence-electron chi connectivity index (χ3n) is 6.48. The van der Waals surface area contributed by atoms with Gasteiger partial charge in [0.2, 0.25) is 0 Å². The van der Waals surface area contributed by atoms with Crippen LogP contribution in [-0.2, 0) is 6.42 Å². The summed E-state index contributed by atoms with van der Waals surface area (Å²) in [4.78, 5) is 15.6. The van der Waals surface area contributed by atoms with Gasteiger partial charge in [0, 0.05) is 12.1 Å². The number of para-hydroxylation sites is 2. The Labute approximate surface area is 201 Å². The number of nitrogens with zero attached hydrogens (tertiary/aromatic N) is 1. The molecule has 34 heavy (non-hydrogen) atoms. The van der Waals surface area contributed by atoms with Crippen LogP contribution < -0.4 is 18.9 Å². The lowest BCUT2D eigenvalue weighted by Gasteiger charge is -2.38. The van der Waals surface area contributed by atoms with Crippen molar-refractivity contribution in [1.29, 1.82) is 0 Å². The summed E-state index contributed by atoms with van der Waals surface area (Å²) >= 11 is 0. The van der Waals surface area contributed by atoms with Gasteiger partial charge in [0.05, 0.1) is 27.4 Å². The summed E-state index contributed by atoms with van der Waals surface area (Å²) in [6, 6.07) is 17.0. The van der Waals surface area contributed by atoms with Crippen molar-refractivity contribution in [2.75, 3.05) is 34.5 Å². The first-order valence-corrected chi connectivity index (χ1v) is 11.4. The molecular weight excluding hydrogens is 430 g/mol. The van der Waals surface area contributed by atoms with Crippen LogP contribution in [0.5, 0.6) is 23.0 Å². The minimum Gasteiger partial charge on any atom is -0.493 e. The molecule has 3 aromatic carbocycles. The number of carbonyl (C=O) groups is 1. The Bertz CT molecular complexity index is 1190. The van der Waals surface area contributed by atoms with E-state index in [4.69, 9.17) is 18.9 Å². The maximum atomic E-state index is 13.7. The molecule has 0 saturated heterocycles. The first-order chi connectivity index (χ1) is 16.5. The lowest BCUT2D eigenvalue weighted by molar-refractivity contribution is 0.0587. The molecule has 1 amide bonds. The van der Waals surface area contributed by atoms with Gasteiger partial charge in [-0.05, 0) is 78.9 Å². The van der Waals surface area contributed by atoms with Crippen molar-refractivity contribution < 1.29 is 23.7 Å². The zero-order chi connectivity index (χ0) is 24.2. The molecule has 3 aromatic rings. The number of carbonyl (C=O) groups excluding carboxylic acids is 1. The molecule has 0 aliphatic carbocycles. The minimum atomic E-state index is -0.303. The molecule has 0 fully saturated rings. The van der Waals surface area contributed by atoms with Crippen molar-refractivity contribution in [2.24, 2.45) is 0 Å². The van der Waals surface area contributed by atoms with Gasteiger partial charge in [-0.1, -0.05) is 18.2 Å². The Balaban J connectivity index is 1.73. The fourth-order valence-electron chi connectivity index (χ4n) is 4.40. The van der Waals surface area contributed by atoms with Crippen LogP contribution in [0.15, 0.2) is 54.6 Å². The average molecular weight is 462 g/mol. The van der Waals surface area contributed by atoms with E-state index in [9.17, 15) is 4.79 Å². The number of methoxy groups -OCH3 is 3. The molecule has 0 spiro atoms. The smallest absolute Gasteiger partial charge is 0.254 e. The van der Waals surface area contributed by atoms with Gasteiger partial charge in [-0.2, -0.15) is 0 Å². The van der Waals surface area contributed by atoms with Crippen LogP contribution in [0.4, 0.5) is 0 Å². The Morgan fingerprint density at radius 1 is 0.853 bits per heavy atom. The number of aryl methyl sites for hydroxylation is 2. The first kappa shape index (κ1) is 23.5. The van der Waals surface area contributed by atoms with Crippen LogP contribution in [0, 0.1) is 13.8 Å². The molecule has 1 atom stereocenters. The lowest BCUT2D eigenvalue weighted by atomic mass is 9.91. The molecule has 6 nitrogen and oxygen atoms in total. The molecular formula is C28H31NO5. The maximum Gasteiger partial charge on any atom is 0.254 e. The van der Waals surface area contributed by atoms with Gasteiger partial charge in [-0.3, -0.25) is 4.79 Å². The summed E-state index contributed by atoms with van der Waals surface area (Å²) < 4.78 is 22.8. The van der Waals surface area contributed by atoms with E-state index in [1.165, 1.54) is 0 Å². The van der Waals surface area contributed by atoms with Crippen molar-refractivity contribution in [3.63, 3.8) is 0 Å². The van der Waals surface area contributed by atoms with Crippen LogP contribution in [-0.4, -0.2) is 45.3 Å². The predicted molar refractivity (Wildman–Crippen MR) is 131 cm³/mol. The summed E-state index contributed by atoms with van der Waals surface area (Å²) in [6.07, 6.45) is 0.720. The monoisotopic (exact) mass is 461 g/mol. The summed E-state index contributed by atoms with van der Waals surface area (Å²) in [5.74, 6) is 2.58. The normalized spacial score (nSPS) is 14.9. The first-order valence-electron chi connectivity index (χ1n) is 11.4. The van der Waals surface area contributed by atoms with E-state index < -0.39 is 0 Å². The highest BCUT2D eigenvalue weighted by Gasteiger charge is 2.33. The van der Waals surface area contributed by atoms with Crippen molar-refractivity contribution >= 4 is 5.91 Å². The van der Waals surface area contributed by atoms with Crippen LogP contribution in [0.2, 0.25) is 0 Å². The molecule has 6 heteroatoms. The van der Waals surface area contributed by atoms with Crippen LogP contribution in [0.1, 0.15) is 38.7 Å². The van der Waals surface area contributed by atoms with Gasteiger partial charge in [0.25, 0.3) is 5.91 Å². The number of amides is 1.